The number of aromatic nitrogens is 3. The molecule has 0 unspecified atom stereocenters. The highest BCUT2D eigenvalue weighted by Crippen LogP contribution is 2.30. The summed E-state index contributed by atoms with van der Waals surface area (Å²) in [4.78, 5) is 11.3. The summed E-state index contributed by atoms with van der Waals surface area (Å²) in [5, 5.41) is 20.5. The van der Waals surface area contributed by atoms with E-state index in [0.717, 1.165) is 0 Å². The van der Waals surface area contributed by atoms with Crippen LogP contribution in [0.15, 0.2) is 30.5 Å². The van der Waals surface area contributed by atoms with E-state index < -0.39 is 31.1 Å². The molecular formula is C13H13F3N4O2. The molecule has 2 aromatic rings. The summed E-state index contributed by atoms with van der Waals surface area (Å²) in [6.45, 7) is -0.915. The molecule has 0 saturated heterocycles. The van der Waals surface area contributed by atoms with Gasteiger partial charge in [-0.25, -0.2) is 9.97 Å². The first-order chi connectivity index (χ1) is 10.4. The molecule has 118 valence electrons. The standard InChI is InChI=1S/C13H13F3N4O2/c14-13(15,16)10-5-11(18-8(6-21)7-22)20-12(19-10)9-3-1-2-4-17-9/h1-5,8,21-22H,6-7H2,(H,18,19,20). The molecule has 0 bridgehead atoms. The van der Waals surface area contributed by atoms with Crippen LogP contribution in [0.3, 0.4) is 0 Å². The van der Waals surface area contributed by atoms with Crippen molar-refractivity contribution >= 4 is 5.82 Å². The van der Waals surface area contributed by atoms with Gasteiger partial charge in [-0.3, -0.25) is 4.98 Å². The van der Waals surface area contributed by atoms with Crippen molar-refractivity contribution in [2.45, 2.75) is 12.2 Å². The Kier molecular flexibility index (Phi) is 4.88. The third-order valence-corrected chi connectivity index (χ3v) is 2.70. The lowest BCUT2D eigenvalue weighted by Gasteiger charge is -2.16. The fourth-order valence-electron chi connectivity index (χ4n) is 1.63. The zero-order valence-electron chi connectivity index (χ0n) is 11.2. The van der Waals surface area contributed by atoms with Gasteiger partial charge in [-0.2, -0.15) is 13.2 Å². The molecule has 6 nitrogen and oxygen atoms in total. The minimum absolute atomic E-state index is 0.156. The maximum Gasteiger partial charge on any atom is 0.433 e. The minimum atomic E-state index is -4.66. The van der Waals surface area contributed by atoms with E-state index >= 15 is 0 Å². The van der Waals surface area contributed by atoms with Gasteiger partial charge >= 0.3 is 6.18 Å². The van der Waals surface area contributed by atoms with E-state index in [1.165, 1.54) is 12.3 Å². The van der Waals surface area contributed by atoms with Crippen molar-refractivity contribution in [2.24, 2.45) is 0 Å². The first-order valence-corrected chi connectivity index (χ1v) is 6.30. The number of aliphatic hydroxyl groups excluding tert-OH is 2. The molecule has 0 amide bonds. The fourth-order valence-corrected chi connectivity index (χ4v) is 1.63. The van der Waals surface area contributed by atoms with Gasteiger partial charge in [-0.15, -0.1) is 0 Å². The lowest BCUT2D eigenvalue weighted by atomic mass is 10.3. The molecule has 0 aliphatic heterocycles. The van der Waals surface area contributed by atoms with Crippen molar-refractivity contribution in [3.05, 3.63) is 36.2 Å². The van der Waals surface area contributed by atoms with Gasteiger partial charge in [0, 0.05) is 12.3 Å². The van der Waals surface area contributed by atoms with Crippen LogP contribution in [-0.2, 0) is 6.18 Å². The topological polar surface area (TPSA) is 91.2 Å². The van der Waals surface area contributed by atoms with Crippen molar-refractivity contribution in [1.29, 1.82) is 0 Å². The Morgan fingerprint density at radius 3 is 2.41 bits per heavy atom. The van der Waals surface area contributed by atoms with E-state index in [2.05, 4.69) is 20.3 Å². The smallest absolute Gasteiger partial charge is 0.394 e. The number of hydrogen-bond acceptors (Lipinski definition) is 6. The lowest BCUT2D eigenvalue weighted by molar-refractivity contribution is -0.141. The van der Waals surface area contributed by atoms with Crippen LogP contribution < -0.4 is 5.32 Å². The summed E-state index contributed by atoms with van der Waals surface area (Å²) in [6.07, 6.45) is -3.24. The Morgan fingerprint density at radius 2 is 1.86 bits per heavy atom. The summed E-state index contributed by atoms with van der Waals surface area (Å²) < 4.78 is 38.8. The van der Waals surface area contributed by atoms with Gasteiger partial charge in [0.25, 0.3) is 0 Å². The number of anilines is 1. The molecule has 0 saturated carbocycles. The van der Waals surface area contributed by atoms with Crippen LogP contribution in [0.2, 0.25) is 0 Å². The third-order valence-electron chi connectivity index (χ3n) is 2.70. The van der Waals surface area contributed by atoms with Crippen molar-refractivity contribution in [3.63, 3.8) is 0 Å². The number of rotatable bonds is 5. The molecule has 0 spiro atoms. The average molecular weight is 314 g/mol. The summed E-state index contributed by atoms with van der Waals surface area (Å²) in [7, 11) is 0. The first kappa shape index (κ1) is 16.1. The van der Waals surface area contributed by atoms with Gasteiger partial charge in [0.05, 0.1) is 19.3 Å². The predicted octanol–water partition coefficient (Wildman–Crippen LogP) is 1.32. The number of aliphatic hydroxyl groups is 2. The van der Waals surface area contributed by atoms with Crippen LogP contribution in [0.25, 0.3) is 11.5 Å². The third kappa shape index (κ3) is 3.89. The molecule has 2 heterocycles. The van der Waals surface area contributed by atoms with Crippen LogP contribution in [0.4, 0.5) is 19.0 Å². The molecule has 0 aliphatic rings. The van der Waals surface area contributed by atoms with Gasteiger partial charge in [-0.1, -0.05) is 6.07 Å². The van der Waals surface area contributed by atoms with Crippen LogP contribution in [0.5, 0.6) is 0 Å². The Hall–Kier alpha value is -2.26. The van der Waals surface area contributed by atoms with Crippen LogP contribution in [0.1, 0.15) is 5.69 Å². The number of nitrogens with one attached hydrogen (secondary N) is 1. The number of pyridine rings is 1. The van der Waals surface area contributed by atoms with Crippen molar-refractivity contribution in [1.82, 2.24) is 15.0 Å². The van der Waals surface area contributed by atoms with E-state index in [1.807, 2.05) is 0 Å². The predicted molar refractivity (Wildman–Crippen MR) is 71.8 cm³/mol. The van der Waals surface area contributed by atoms with Gasteiger partial charge in [0.15, 0.2) is 11.5 Å². The molecule has 3 N–H and O–H groups in total. The average Bonchev–Trinajstić information content (AvgIpc) is 2.52. The summed E-state index contributed by atoms with van der Waals surface area (Å²) in [5.74, 6) is -0.358. The van der Waals surface area contributed by atoms with E-state index in [-0.39, 0.29) is 17.3 Å². The molecule has 9 heteroatoms. The fraction of sp³-hybridized carbons (Fsp3) is 0.308. The van der Waals surface area contributed by atoms with E-state index in [0.29, 0.717) is 6.07 Å². The van der Waals surface area contributed by atoms with Crippen LogP contribution in [-0.4, -0.2) is 44.4 Å². The normalized spacial score (nSPS) is 11.7. The molecule has 0 radical (unpaired) electrons. The van der Waals surface area contributed by atoms with Crippen LogP contribution in [0, 0.1) is 0 Å². The van der Waals surface area contributed by atoms with Crippen molar-refractivity contribution < 1.29 is 23.4 Å². The largest absolute Gasteiger partial charge is 0.433 e. The Bertz CT molecular complexity index is 618. The maximum absolute atomic E-state index is 12.9. The Morgan fingerprint density at radius 1 is 1.14 bits per heavy atom. The second-order valence-electron chi connectivity index (χ2n) is 4.38. The molecule has 0 atom stereocenters. The Balaban J connectivity index is 2.46. The molecule has 2 aromatic heterocycles. The second-order valence-corrected chi connectivity index (χ2v) is 4.38. The highest BCUT2D eigenvalue weighted by Gasteiger charge is 2.34. The second kappa shape index (κ2) is 6.67. The van der Waals surface area contributed by atoms with E-state index in [4.69, 9.17) is 10.2 Å². The minimum Gasteiger partial charge on any atom is -0.394 e. The number of alkyl halides is 3. The zero-order chi connectivity index (χ0) is 16.2. The molecular weight excluding hydrogens is 301 g/mol. The Labute approximate surface area is 123 Å². The summed E-state index contributed by atoms with van der Waals surface area (Å²) in [5.41, 5.74) is -0.957. The number of nitrogens with zero attached hydrogens (tertiary/aromatic N) is 3. The molecule has 0 aromatic carbocycles. The first-order valence-electron chi connectivity index (χ1n) is 6.30. The van der Waals surface area contributed by atoms with E-state index in [1.54, 1.807) is 12.1 Å². The van der Waals surface area contributed by atoms with E-state index in [9.17, 15) is 13.2 Å². The lowest BCUT2D eigenvalue weighted by Crippen LogP contribution is -2.28. The van der Waals surface area contributed by atoms with Crippen LogP contribution >= 0.6 is 0 Å². The molecule has 0 fully saturated rings. The zero-order valence-corrected chi connectivity index (χ0v) is 11.2. The van der Waals surface area contributed by atoms with Gasteiger partial charge in [0.1, 0.15) is 11.5 Å². The number of halogens is 3. The van der Waals surface area contributed by atoms with Gasteiger partial charge < -0.3 is 15.5 Å². The van der Waals surface area contributed by atoms with Crippen molar-refractivity contribution in [2.75, 3.05) is 18.5 Å². The summed E-state index contributed by atoms with van der Waals surface area (Å²) in [6, 6.07) is 4.58. The summed E-state index contributed by atoms with van der Waals surface area (Å²) >= 11 is 0. The SMILES string of the molecule is OCC(CO)Nc1cc(C(F)(F)F)nc(-c2ccccn2)n1. The van der Waals surface area contributed by atoms with Crippen molar-refractivity contribution in [3.8, 4) is 11.5 Å². The van der Waals surface area contributed by atoms with Gasteiger partial charge in [-0.05, 0) is 12.1 Å². The van der Waals surface area contributed by atoms with Gasteiger partial charge in [0.2, 0.25) is 0 Å². The maximum atomic E-state index is 12.9. The highest BCUT2D eigenvalue weighted by atomic mass is 19.4. The monoisotopic (exact) mass is 314 g/mol. The molecule has 22 heavy (non-hydrogen) atoms. The quantitative estimate of drug-likeness (QED) is 0.771. The molecule has 0 aliphatic carbocycles. The molecule has 2 rings (SSSR count). The highest BCUT2D eigenvalue weighted by molar-refractivity contribution is 5.53. The number of hydrogen-bond donors (Lipinski definition) is 3.